The monoisotopic (exact) mass is 293 g/mol. The van der Waals surface area contributed by atoms with Gasteiger partial charge in [-0.1, -0.05) is 59.0 Å². The SMILES string of the molecule is CCCOc1ccc(C(C)(C)C)cc1CC(C)C(N)=S. The topological polar surface area (TPSA) is 35.2 Å². The molecular formula is C17H27NOS. The Labute approximate surface area is 128 Å². The lowest BCUT2D eigenvalue weighted by molar-refractivity contribution is 0.313. The second-order valence-corrected chi connectivity index (χ2v) is 6.90. The van der Waals surface area contributed by atoms with E-state index in [1.54, 1.807) is 0 Å². The van der Waals surface area contributed by atoms with Crippen LogP contribution in [0.15, 0.2) is 18.2 Å². The Balaban J connectivity index is 3.08. The van der Waals surface area contributed by atoms with Crippen molar-refractivity contribution < 1.29 is 4.74 Å². The van der Waals surface area contributed by atoms with Crippen molar-refractivity contribution in [2.45, 2.75) is 52.9 Å². The fourth-order valence-corrected chi connectivity index (χ4v) is 2.07. The number of nitrogens with two attached hydrogens (primary N) is 1. The lowest BCUT2D eigenvalue weighted by atomic mass is 9.85. The van der Waals surface area contributed by atoms with Crippen molar-refractivity contribution in [3.8, 4) is 5.75 Å². The maximum absolute atomic E-state index is 5.85. The molecule has 0 aliphatic heterocycles. The number of hydrogen-bond acceptors (Lipinski definition) is 2. The Morgan fingerprint density at radius 3 is 2.50 bits per heavy atom. The van der Waals surface area contributed by atoms with Gasteiger partial charge in [0.1, 0.15) is 5.75 Å². The van der Waals surface area contributed by atoms with Crippen LogP contribution in [0.4, 0.5) is 0 Å². The highest BCUT2D eigenvalue weighted by Crippen LogP contribution is 2.29. The van der Waals surface area contributed by atoms with Crippen molar-refractivity contribution in [2.24, 2.45) is 11.7 Å². The number of hydrogen-bond donors (Lipinski definition) is 1. The van der Waals surface area contributed by atoms with E-state index in [1.165, 1.54) is 11.1 Å². The summed E-state index contributed by atoms with van der Waals surface area (Å²) in [7, 11) is 0. The summed E-state index contributed by atoms with van der Waals surface area (Å²) in [4.78, 5) is 0.563. The maximum atomic E-state index is 5.85. The predicted octanol–water partition coefficient (Wildman–Crippen LogP) is 4.24. The molecule has 0 aromatic heterocycles. The third-order valence-corrected chi connectivity index (χ3v) is 3.80. The Morgan fingerprint density at radius 1 is 1.35 bits per heavy atom. The van der Waals surface area contributed by atoms with Crippen molar-refractivity contribution in [3.05, 3.63) is 29.3 Å². The Morgan fingerprint density at radius 2 is 2.00 bits per heavy atom. The van der Waals surface area contributed by atoms with E-state index >= 15 is 0 Å². The highest BCUT2D eigenvalue weighted by atomic mass is 32.1. The average Bonchev–Trinajstić information content (AvgIpc) is 2.35. The number of thiocarbonyl (C=S) groups is 1. The summed E-state index contributed by atoms with van der Waals surface area (Å²) in [6.45, 7) is 11.6. The highest BCUT2D eigenvalue weighted by Gasteiger charge is 2.17. The minimum atomic E-state index is 0.129. The molecule has 0 radical (unpaired) electrons. The zero-order chi connectivity index (χ0) is 15.3. The number of ether oxygens (including phenoxy) is 1. The average molecular weight is 293 g/mol. The first-order valence-electron chi connectivity index (χ1n) is 7.31. The molecule has 3 heteroatoms. The summed E-state index contributed by atoms with van der Waals surface area (Å²) >= 11 is 5.09. The van der Waals surface area contributed by atoms with Crippen molar-refractivity contribution in [3.63, 3.8) is 0 Å². The molecule has 0 bridgehead atoms. The smallest absolute Gasteiger partial charge is 0.122 e. The molecule has 1 unspecified atom stereocenters. The van der Waals surface area contributed by atoms with Crippen molar-refractivity contribution in [1.82, 2.24) is 0 Å². The largest absolute Gasteiger partial charge is 0.493 e. The molecule has 0 saturated heterocycles. The van der Waals surface area contributed by atoms with Gasteiger partial charge in [-0.3, -0.25) is 0 Å². The van der Waals surface area contributed by atoms with E-state index in [-0.39, 0.29) is 11.3 Å². The van der Waals surface area contributed by atoms with Gasteiger partial charge in [-0.2, -0.15) is 0 Å². The fraction of sp³-hybridized carbons (Fsp3) is 0.588. The molecule has 0 aliphatic rings. The molecule has 2 nitrogen and oxygen atoms in total. The van der Waals surface area contributed by atoms with E-state index < -0.39 is 0 Å². The van der Waals surface area contributed by atoms with Gasteiger partial charge in [0, 0.05) is 5.92 Å². The van der Waals surface area contributed by atoms with Crippen LogP contribution in [0.3, 0.4) is 0 Å². The highest BCUT2D eigenvalue weighted by molar-refractivity contribution is 7.80. The summed E-state index contributed by atoms with van der Waals surface area (Å²) in [5.41, 5.74) is 8.39. The molecule has 0 aliphatic carbocycles. The summed E-state index contributed by atoms with van der Waals surface area (Å²) < 4.78 is 5.85. The van der Waals surface area contributed by atoms with Crippen LogP contribution in [0.2, 0.25) is 0 Å². The standard InChI is InChI=1S/C17H27NOS/c1-6-9-19-15-8-7-14(17(3,4)5)11-13(15)10-12(2)16(18)20/h7-8,11-12H,6,9-10H2,1-5H3,(H2,18,20). The van der Waals surface area contributed by atoms with E-state index in [2.05, 4.69) is 52.8 Å². The van der Waals surface area contributed by atoms with E-state index in [9.17, 15) is 0 Å². The van der Waals surface area contributed by atoms with Gasteiger partial charge in [0.05, 0.1) is 11.6 Å². The molecule has 20 heavy (non-hydrogen) atoms. The van der Waals surface area contributed by atoms with Gasteiger partial charge in [0.15, 0.2) is 0 Å². The Bertz CT molecular complexity index is 463. The van der Waals surface area contributed by atoms with Gasteiger partial charge in [-0.25, -0.2) is 0 Å². The van der Waals surface area contributed by atoms with Gasteiger partial charge in [-0.15, -0.1) is 0 Å². The molecular weight excluding hydrogens is 266 g/mol. The maximum Gasteiger partial charge on any atom is 0.122 e. The second-order valence-electron chi connectivity index (χ2n) is 6.43. The summed E-state index contributed by atoms with van der Waals surface area (Å²) in [6, 6.07) is 6.47. The molecule has 0 heterocycles. The van der Waals surface area contributed by atoms with Crippen molar-refractivity contribution in [2.75, 3.05) is 6.61 Å². The molecule has 1 aromatic carbocycles. The zero-order valence-corrected chi connectivity index (χ0v) is 14.1. The van der Waals surface area contributed by atoms with Crippen LogP contribution >= 0.6 is 12.2 Å². The first-order chi connectivity index (χ1) is 9.25. The molecule has 112 valence electrons. The van der Waals surface area contributed by atoms with E-state index in [0.29, 0.717) is 4.99 Å². The quantitative estimate of drug-likeness (QED) is 0.797. The van der Waals surface area contributed by atoms with E-state index in [0.717, 1.165) is 25.2 Å². The molecule has 2 N–H and O–H groups in total. The normalized spacial score (nSPS) is 13.1. The first-order valence-corrected chi connectivity index (χ1v) is 7.72. The third kappa shape index (κ3) is 4.78. The van der Waals surface area contributed by atoms with Crippen LogP contribution < -0.4 is 10.5 Å². The van der Waals surface area contributed by atoms with Crippen LogP contribution in [-0.4, -0.2) is 11.6 Å². The van der Waals surface area contributed by atoms with Crippen LogP contribution in [-0.2, 0) is 11.8 Å². The van der Waals surface area contributed by atoms with Crippen LogP contribution in [0, 0.1) is 5.92 Å². The van der Waals surface area contributed by atoms with Crippen molar-refractivity contribution >= 4 is 17.2 Å². The predicted molar refractivity (Wildman–Crippen MR) is 90.6 cm³/mol. The summed E-state index contributed by atoms with van der Waals surface area (Å²) in [5.74, 6) is 1.15. The lowest BCUT2D eigenvalue weighted by Gasteiger charge is -2.22. The molecule has 1 aromatic rings. The second kappa shape index (κ2) is 7.07. The zero-order valence-electron chi connectivity index (χ0n) is 13.3. The van der Waals surface area contributed by atoms with Gasteiger partial charge < -0.3 is 10.5 Å². The van der Waals surface area contributed by atoms with Crippen LogP contribution in [0.1, 0.15) is 52.2 Å². The van der Waals surface area contributed by atoms with Gasteiger partial charge in [-0.05, 0) is 35.4 Å². The third-order valence-electron chi connectivity index (χ3n) is 3.40. The van der Waals surface area contributed by atoms with Gasteiger partial charge >= 0.3 is 0 Å². The molecule has 0 saturated carbocycles. The number of benzene rings is 1. The molecule has 1 atom stereocenters. The molecule has 0 spiro atoms. The minimum absolute atomic E-state index is 0.129. The molecule has 0 fully saturated rings. The van der Waals surface area contributed by atoms with Gasteiger partial charge in [0.2, 0.25) is 0 Å². The number of rotatable bonds is 6. The minimum Gasteiger partial charge on any atom is -0.493 e. The first kappa shape index (κ1) is 17.0. The van der Waals surface area contributed by atoms with Crippen LogP contribution in [0.5, 0.6) is 5.75 Å². The summed E-state index contributed by atoms with van der Waals surface area (Å²) in [5, 5.41) is 0. The van der Waals surface area contributed by atoms with Gasteiger partial charge in [0.25, 0.3) is 0 Å². The molecule has 0 amide bonds. The summed E-state index contributed by atoms with van der Waals surface area (Å²) in [6.07, 6.45) is 1.84. The van der Waals surface area contributed by atoms with Crippen molar-refractivity contribution in [1.29, 1.82) is 0 Å². The fourth-order valence-electron chi connectivity index (χ4n) is 1.99. The molecule has 1 rings (SSSR count). The van der Waals surface area contributed by atoms with E-state index in [4.69, 9.17) is 22.7 Å². The van der Waals surface area contributed by atoms with Crippen LogP contribution in [0.25, 0.3) is 0 Å². The van der Waals surface area contributed by atoms with E-state index in [1.807, 2.05) is 0 Å². The Kier molecular flexibility index (Phi) is 6.00. The Hall–Kier alpha value is -1.09. The lowest BCUT2D eigenvalue weighted by Crippen LogP contribution is -2.21.